The van der Waals surface area contributed by atoms with Gasteiger partial charge in [0, 0.05) is 0 Å². The average molecular weight is 224 g/mol. The molecular weight excluding hydrogens is 203 g/mol. The zero-order valence-corrected chi connectivity index (χ0v) is 11.0. The molecule has 15 heavy (non-hydrogen) atoms. The molecule has 0 spiro atoms. The summed E-state index contributed by atoms with van der Waals surface area (Å²) in [5, 5.41) is 0. The molecule has 4 heteroatoms. The van der Waals surface area contributed by atoms with Crippen LogP contribution in [0.25, 0.3) is 0 Å². The predicted octanol–water partition coefficient (Wildman–Crippen LogP) is 2.88. The maximum absolute atomic E-state index is 5.84. The fraction of sp³-hybridized carbons (Fsp3) is 0.818. The largest absolute Gasteiger partial charge is 0.461 e. The lowest BCUT2D eigenvalue weighted by atomic mass is 9.85. The summed E-state index contributed by atoms with van der Waals surface area (Å²) in [5.74, 6) is 0. The maximum Gasteiger partial charge on any atom is 0.461 e. The van der Waals surface area contributed by atoms with Gasteiger partial charge in [0.05, 0.1) is 20.3 Å². The molecule has 0 aromatic carbocycles. The summed E-state index contributed by atoms with van der Waals surface area (Å²) >= 11 is 0. The molecule has 2 unspecified atom stereocenters. The maximum atomic E-state index is 5.84. The Morgan fingerprint density at radius 2 is 1.80 bits per heavy atom. The zero-order chi connectivity index (χ0) is 10.9. The van der Waals surface area contributed by atoms with Gasteiger partial charge in [0.25, 0.3) is 0 Å². The van der Waals surface area contributed by atoms with E-state index >= 15 is 0 Å². The summed E-state index contributed by atoms with van der Waals surface area (Å²) in [6, 6.07) is 0. The lowest BCUT2D eigenvalue weighted by Gasteiger charge is -2.09. The van der Waals surface area contributed by atoms with E-state index in [1.165, 1.54) is 19.3 Å². The SMILES string of the molecule is C[Si](C)(C)/C=C/CB1OC2CCCC2O1. The number of rotatable bonds is 3. The molecule has 0 N–H and O–H groups in total. The predicted molar refractivity (Wildman–Crippen MR) is 66.6 cm³/mol. The van der Waals surface area contributed by atoms with Crippen molar-refractivity contribution in [2.75, 3.05) is 0 Å². The number of hydrogen-bond acceptors (Lipinski definition) is 2. The van der Waals surface area contributed by atoms with E-state index in [-0.39, 0.29) is 7.12 Å². The van der Waals surface area contributed by atoms with E-state index in [0.29, 0.717) is 12.2 Å². The van der Waals surface area contributed by atoms with Gasteiger partial charge in [-0.25, -0.2) is 0 Å². The minimum atomic E-state index is -1.05. The Balaban J connectivity index is 1.76. The van der Waals surface area contributed by atoms with Gasteiger partial charge in [0.2, 0.25) is 0 Å². The van der Waals surface area contributed by atoms with Crippen molar-refractivity contribution in [2.45, 2.75) is 57.4 Å². The molecule has 1 saturated carbocycles. The number of allylic oxidation sites excluding steroid dienone is 1. The lowest BCUT2D eigenvalue weighted by molar-refractivity contribution is 0.187. The smallest absolute Gasteiger partial charge is 0.406 e. The van der Waals surface area contributed by atoms with Gasteiger partial charge in [0.1, 0.15) is 0 Å². The highest BCUT2D eigenvalue weighted by atomic mass is 28.3. The quantitative estimate of drug-likeness (QED) is 0.686. The van der Waals surface area contributed by atoms with Crippen molar-refractivity contribution in [3.05, 3.63) is 11.8 Å². The number of fused-ring (bicyclic) bond motifs is 1. The molecule has 0 bridgehead atoms. The fourth-order valence-corrected chi connectivity index (χ4v) is 3.11. The Morgan fingerprint density at radius 3 is 2.33 bits per heavy atom. The van der Waals surface area contributed by atoms with E-state index in [4.69, 9.17) is 9.31 Å². The van der Waals surface area contributed by atoms with Crippen LogP contribution >= 0.6 is 0 Å². The van der Waals surface area contributed by atoms with Gasteiger partial charge in [-0.1, -0.05) is 31.4 Å². The van der Waals surface area contributed by atoms with Crippen molar-refractivity contribution in [1.29, 1.82) is 0 Å². The zero-order valence-electron chi connectivity index (χ0n) is 10.0. The first kappa shape index (κ1) is 11.4. The third-order valence-corrected chi connectivity index (χ3v) is 4.23. The second-order valence-corrected chi connectivity index (χ2v) is 10.8. The van der Waals surface area contributed by atoms with Crippen LogP contribution in [0.4, 0.5) is 0 Å². The summed E-state index contributed by atoms with van der Waals surface area (Å²) in [5.41, 5.74) is 2.37. The average Bonchev–Trinajstić information content (AvgIpc) is 2.60. The summed E-state index contributed by atoms with van der Waals surface area (Å²) in [6.45, 7) is 7.03. The molecule has 0 radical (unpaired) electrons. The van der Waals surface area contributed by atoms with Crippen LogP contribution in [0.2, 0.25) is 26.0 Å². The Bertz CT molecular complexity index is 237. The summed E-state index contributed by atoms with van der Waals surface area (Å²) < 4.78 is 11.7. The molecule has 2 fully saturated rings. The standard InChI is InChI=1S/C11H21BO2Si/c1-15(2,3)9-5-8-12-13-10-6-4-7-11(10)14-12/h5,9-11H,4,6-8H2,1-3H3/b9-5+. The van der Waals surface area contributed by atoms with Gasteiger partial charge >= 0.3 is 7.12 Å². The highest BCUT2D eigenvalue weighted by molar-refractivity contribution is 6.81. The summed E-state index contributed by atoms with van der Waals surface area (Å²) in [6.07, 6.45) is 7.63. The van der Waals surface area contributed by atoms with E-state index in [1.807, 2.05) is 0 Å². The molecule has 2 aliphatic rings. The fourth-order valence-electron chi connectivity index (χ4n) is 2.27. The van der Waals surface area contributed by atoms with Crippen LogP contribution in [0, 0.1) is 0 Å². The van der Waals surface area contributed by atoms with Crippen molar-refractivity contribution in [3.63, 3.8) is 0 Å². The molecule has 2 atom stereocenters. The second-order valence-electron chi connectivity index (χ2n) is 5.71. The minimum Gasteiger partial charge on any atom is -0.406 e. The normalized spacial score (nSPS) is 31.5. The Morgan fingerprint density at radius 1 is 1.20 bits per heavy atom. The van der Waals surface area contributed by atoms with Crippen LogP contribution in [-0.2, 0) is 9.31 Å². The molecule has 0 aromatic rings. The first-order valence-corrected chi connectivity index (χ1v) is 9.61. The third kappa shape index (κ3) is 3.20. The molecule has 2 nitrogen and oxygen atoms in total. The van der Waals surface area contributed by atoms with E-state index in [0.717, 1.165) is 6.32 Å². The van der Waals surface area contributed by atoms with Crippen molar-refractivity contribution in [3.8, 4) is 0 Å². The minimum absolute atomic E-state index is 0.0351. The van der Waals surface area contributed by atoms with E-state index in [2.05, 4.69) is 31.4 Å². The summed E-state index contributed by atoms with van der Waals surface area (Å²) in [7, 11) is -1.01. The van der Waals surface area contributed by atoms with Crippen molar-refractivity contribution >= 4 is 15.2 Å². The van der Waals surface area contributed by atoms with Crippen molar-refractivity contribution in [2.24, 2.45) is 0 Å². The summed E-state index contributed by atoms with van der Waals surface area (Å²) in [4.78, 5) is 0. The topological polar surface area (TPSA) is 18.5 Å². The lowest BCUT2D eigenvalue weighted by Crippen LogP contribution is -2.18. The molecule has 1 aliphatic carbocycles. The molecule has 2 rings (SSSR count). The Labute approximate surface area is 94.2 Å². The molecule has 0 aromatic heterocycles. The first-order valence-electron chi connectivity index (χ1n) is 6.03. The third-order valence-electron chi connectivity index (χ3n) is 2.99. The van der Waals surface area contributed by atoms with Crippen LogP contribution in [0.3, 0.4) is 0 Å². The highest BCUT2D eigenvalue weighted by Gasteiger charge is 2.41. The molecule has 0 amide bonds. The van der Waals surface area contributed by atoms with Gasteiger partial charge < -0.3 is 9.31 Å². The molecule has 1 saturated heterocycles. The van der Waals surface area contributed by atoms with Crippen molar-refractivity contribution < 1.29 is 9.31 Å². The second kappa shape index (κ2) is 4.44. The molecule has 84 valence electrons. The molecular formula is C11H21BO2Si. The van der Waals surface area contributed by atoms with Gasteiger partial charge in [-0.3, -0.25) is 0 Å². The Kier molecular flexibility index (Phi) is 3.38. The molecule has 1 aliphatic heterocycles. The molecule has 1 heterocycles. The van der Waals surface area contributed by atoms with Crippen LogP contribution < -0.4 is 0 Å². The van der Waals surface area contributed by atoms with Crippen LogP contribution in [-0.4, -0.2) is 27.4 Å². The van der Waals surface area contributed by atoms with Crippen molar-refractivity contribution in [1.82, 2.24) is 0 Å². The highest BCUT2D eigenvalue weighted by Crippen LogP contribution is 2.32. The van der Waals surface area contributed by atoms with Crippen LogP contribution in [0.15, 0.2) is 11.8 Å². The first-order chi connectivity index (χ1) is 7.04. The van der Waals surface area contributed by atoms with Gasteiger partial charge in [0.15, 0.2) is 0 Å². The van der Waals surface area contributed by atoms with Gasteiger partial charge in [-0.15, -0.1) is 0 Å². The van der Waals surface area contributed by atoms with Gasteiger partial charge in [-0.05, 0) is 25.6 Å². The van der Waals surface area contributed by atoms with E-state index < -0.39 is 8.07 Å². The van der Waals surface area contributed by atoms with E-state index in [1.54, 1.807) is 0 Å². The van der Waals surface area contributed by atoms with Crippen LogP contribution in [0.5, 0.6) is 0 Å². The van der Waals surface area contributed by atoms with Crippen LogP contribution in [0.1, 0.15) is 19.3 Å². The van der Waals surface area contributed by atoms with E-state index in [9.17, 15) is 0 Å². The monoisotopic (exact) mass is 224 g/mol. The Hall–Kier alpha value is -0.0582. The van der Waals surface area contributed by atoms with Gasteiger partial charge in [-0.2, -0.15) is 0 Å². The number of hydrogen-bond donors (Lipinski definition) is 0.